The number of nitrogens with one attached hydrogen (secondary N) is 1. The maximum absolute atomic E-state index is 5.64. The van der Waals surface area contributed by atoms with Gasteiger partial charge in [0.05, 0.1) is 13.2 Å². The van der Waals surface area contributed by atoms with Crippen LogP contribution >= 0.6 is 23.6 Å². The third-order valence-corrected chi connectivity index (χ3v) is 7.06. The number of piperidine rings is 1. The molecule has 8 heteroatoms. The summed E-state index contributed by atoms with van der Waals surface area (Å²) >= 11 is 7.41. The fraction of sp³-hybridized carbons (Fsp3) is 0.619. The summed E-state index contributed by atoms with van der Waals surface area (Å²) in [6, 6.07) is 2.22. The van der Waals surface area contributed by atoms with Crippen molar-refractivity contribution < 1.29 is 4.74 Å². The first-order valence-electron chi connectivity index (χ1n) is 10.6. The van der Waals surface area contributed by atoms with E-state index >= 15 is 0 Å². The van der Waals surface area contributed by atoms with Gasteiger partial charge < -0.3 is 19.5 Å². The summed E-state index contributed by atoms with van der Waals surface area (Å²) in [4.78, 5) is 9.45. The summed E-state index contributed by atoms with van der Waals surface area (Å²) in [6.07, 6.45) is 7.38. The minimum atomic E-state index is 0.528. The molecule has 29 heavy (non-hydrogen) atoms. The van der Waals surface area contributed by atoms with E-state index in [2.05, 4.69) is 42.7 Å². The first kappa shape index (κ1) is 20.8. The lowest BCUT2D eigenvalue weighted by atomic mass is 9.96. The minimum Gasteiger partial charge on any atom is -0.379 e. The molecule has 2 saturated heterocycles. The van der Waals surface area contributed by atoms with Crippen LogP contribution in [0.25, 0.3) is 0 Å². The monoisotopic (exact) mass is 433 g/mol. The van der Waals surface area contributed by atoms with Crippen molar-refractivity contribution in [3.05, 3.63) is 40.6 Å². The molecule has 0 unspecified atom stereocenters. The Kier molecular flexibility index (Phi) is 7.54. The quantitative estimate of drug-likeness (QED) is 0.677. The number of aromatic nitrogens is 2. The molecule has 1 N–H and O–H groups in total. The lowest BCUT2D eigenvalue weighted by molar-refractivity contribution is 0.0388. The van der Waals surface area contributed by atoms with Gasteiger partial charge in [-0.05, 0) is 53.9 Å². The molecular weight excluding hydrogens is 402 g/mol. The second kappa shape index (κ2) is 10.5. The number of thiophene rings is 1. The fourth-order valence-electron chi connectivity index (χ4n) is 4.15. The summed E-state index contributed by atoms with van der Waals surface area (Å²) in [7, 11) is 0. The highest BCUT2D eigenvalue weighted by Crippen LogP contribution is 2.27. The number of nitrogens with zero attached hydrogens (tertiary/aromatic N) is 4. The molecule has 0 aromatic carbocycles. The van der Waals surface area contributed by atoms with Crippen LogP contribution in [0, 0.1) is 0 Å². The molecule has 2 fully saturated rings. The van der Waals surface area contributed by atoms with Crippen molar-refractivity contribution >= 4 is 28.7 Å². The molecule has 6 nitrogen and oxygen atoms in total. The topological polar surface area (TPSA) is 45.6 Å². The predicted octanol–water partition coefficient (Wildman–Crippen LogP) is 2.57. The smallest absolute Gasteiger partial charge is 0.168 e. The maximum Gasteiger partial charge on any atom is 0.168 e. The summed E-state index contributed by atoms with van der Waals surface area (Å²) in [6.45, 7) is 8.71. The largest absolute Gasteiger partial charge is 0.379 e. The van der Waals surface area contributed by atoms with Crippen LogP contribution in [0.5, 0.6) is 0 Å². The zero-order valence-electron chi connectivity index (χ0n) is 17.0. The third-order valence-electron chi connectivity index (χ3n) is 5.92. The Morgan fingerprint density at radius 2 is 2.03 bits per heavy atom. The molecule has 2 aromatic rings. The standard InChI is InChI=1S/C21H31N5OS2/c28-21(23-5-10-24-12-14-27-15-13-24)26-8-2-19(3-9-26)20-22-6-11-25(20)7-1-18-4-16-29-17-18/h4,6,11,16-17,19H,1-3,5,7-10,12-15H2,(H,23,28). The van der Waals surface area contributed by atoms with Crippen LogP contribution < -0.4 is 5.32 Å². The number of imidazole rings is 1. The summed E-state index contributed by atoms with van der Waals surface area (Å²) < 4.78 is 7.75. The lowest BCUT2D eigenvalue weighted by Crippen LogP contribution is -2.47. The van der Waals surface area contributed by atoms with Gasteiger partial charge in [-0.1, -0.05) is 0 Å². The summed E-state index contributed by atoms with van der Waals surface area (Å²) in [5.41, 5.74) is 1.41. The molecule has 2 aliphatic heterocycles. The van der Waals surface area contributed by atoms with Gasteiger partial charge in [0.25, 0.3) is 0 Å². The molecule has 2 aromatic heterocycles. The molecule has 2 aliphatic rings. The number of hydrogen-bond donors (Lipinski definition) is 1. The van der Waals surface area contributed by atoms with E-state index in [9.17, 15) is 0 Å². The van der Waals surface area contributed by atoms with Crippen LogP contribution in [0.1, 0.15) is 30.1 Å². The van der Waals surface area contributed by atoms with Crippen LogP contribution in [-0.4, -0.2) is 76.9 Å². The average molecular weight is 434 g/mol. The van der Waals surface area contributed by atoms with E-state index in [4.69, 9.17) is 21.9 Å². The van der Waals surface area contributed by atoms with E-state index in [0.29, 0.717) is 5.92 Å². The van der Waals surface area contributed by atoms with Gasteiger partial charge >= 0.3 is 0 Å². The Morgan fingerprint density at radius 1 is 1.21 bits per heavy atom. The zero-order chi connectivity index (χ0) is 19.9. The summed E-state index contributed by atoms with van der Waals surface area (Å²) in [5, 5.41) is 8.74. The second-order valence-corrected chi connectivity index (χ2v) is 8.97. The van der Waals surface area contributed by atoms with E-state index in [1.165, 1.54) is 11.4 Å². The van der Waals surface area contributed by atoms with Gasteiger partial charge in [0.15, 0.2) is 5.11 Å². The first-order chi connectivity index (χ1) is 14.3. The Hall–Kier alpha value is -1.48. The van der Waals surface area contributed by atoms with Gasteiger partial charge in [-0.25, -0.2) is 4.98 Å². The lowest BCUT2D eigenvalue weighted by Gasteiger charge is -2.34. The van der Waals surface area contributed by atoms with Gasteiger partial charge in [-0.15, -0.1) is 0 Å². The van der Waals surface area contributed by atoms with Crippen LogP contribution in [0.4, 0.5) is 0 Å². The van der Waals surface area contributed by atoms with Gasteiger partial charge in [-0.2, -0.15) is 11.3 Å². The molecule has 4 rings (SSSR count). The normalized spacial score (nSPS) is 18.8. The molecule has 0 atom stereocenters. The molecular formula is C21H31N5OS2. The van der Waals surface area contributed by atoms with Crippen molar-refractivity contribution in [1.82, 2.24) is 24.7 Å². The Bertz CT molecular complexity index is 749. The highest BCUT2D eigenvalue weighted by Gasteiger charge is 2.25. The molecule has 0 spiro atoms. The average Bonchev–Trinajstić information content (AvgIpc) is 3.45. The van der Waals surface area contributed by atoms with Crippen molar-refractivity contribution in [3.63, 3.8) is 0 Å². The van der Waals surface area contributed by atoms with Crippen molar-refractivity contribution in [2.45, 2.75) is 31.7 Å². The number of thiocarbonyl (C=S) groups is 1. The van der Waals surface area contributed by atoms with Crippen molar-refractivity contribution in [3.8, 4) is 0 Å². The van der Waals surface area contributed by atoms with Crippen LogP contribution in [0.2, 0.25) is 0 Å². The van der Waals surface area contributed by atoms with Crippen molar-refractivity contribution in [1.29, 1.82) is 0 Å². The molecule has 0 amide bonds. The van der Waals surface area contributed by atoms with E-state index in [-0.39, 0.29) is 0 Å². The van der Waals surface area contributed by atoms with E-state index in [1.807, 2.05) is 6.20 Å². The molecule has 0 bridgehead atoms. The van der Waals surface area contributed by atoms with Gasteiger partial charge in [0.1, 0.15) is 5.82 Å². The van der Waals surface area contributed by atoms with Crippen molar-refractivity contribution in [2.24, 2.45) is 0 Å². The van der Waals surface area contributed by atoms with Gasteiger partial charge in [-0.3, -0.25) is 4.90 Å². The summed E-state index contributed by atoms with van der Waals surface area (Å²) in [5.74, 6) is 1.77. The number of likely N-dealkylation sites (tertiary alicyclic amines) is 1. The Balaban J connectivity index is 1.20. The molecule has 158 valence electrons. The third kappa shape index (κ3) is 5.78. The number of aryl methyl sites for hydroxylation is 2. The van der Waals surface area contributed by atoms with Crippen LogP contribution in [-0.2, 0) is 17.7 Å². The number of rotatable bonds is 7. The van der Waals surface area contributed by atoms with E-state index in [0.717, 1.165) is 83.4 Å². The zero-order valence-corrected chi connectivity index (χ0v) is 18.6. The first-order valence-corrected chi connectivity index (χ1v) is 12.0. The number of hydrogen-bond acceptors (Lipinski definition) is 5. The van der Waals surface area contributed by atoms with E-state index in [1.54, 1.807) is 11.3 Å². The second-order valence-electron chi connectivity index (χ2n) is 7.81. The van der Waals surface area contributed by atoms with Crippen LogP contribution in [0.15, 0.2) is 29.2 Å². The Labute approximate surface area is 182 Å². The minimum absolute atomic E-state index is 0.528. The highest BCUT2D eigenvalue weighted by atomic mass is 32.1. The molecule has 0 radical (unpaired) electrons. The van der Waals surface area contributed by atoms with Gasteiger partial charge in [0, 0.05) is 64.1 Å². The number of morpholine rings is 1. The number of ether oxygens (including phenoxy) is 1. The Morgan fingerprint density at radius 3 is 2.79 bits per heavy atom. The van der Waals surface area contributed by atoms with Gasteiger partial charge in [0.2, 0.25) is 0 Å². The highest BCUT2D eigenvalue weighted by molar-refractivity contribution is 7.80. The molecule has 0 saturated carbocycles. The van der Waals surface area contributed by atoms with E-state index < -0.39 is 0 Å². The fourth-order valence-corrected chi connectivity index (χ4v) is 5.14. The maximum atomic E-state index is 5.64. The molecule has 4 heterocycles. The SMILES string of the molecule is S=C(NCCN1CCOCC1)N1CCC(c2nccn2CCc2ccsc2)CC1. The van der Waals surface area contributed by atoms with Crippen LogP contribution in [0.3, 0.4) is 0 Å². The predicted molar refractivity (Wildman–Crippen MR) is 122 cm³/mol. The molecule has 0 aliphatic carbocycles. The van der Waals surface area contributed by atoms with Crippen molar-refractivity contribution in [2.75, 3.05) is 52.5 Å².